The van der Waals surface area contributed by atoms with Crippen LogP contribution in [-0.4, -0.2) is 109 Å². The van der Waals surface area contributed by atoms with Crippen molar-refractivity contribution in [2.75, 3.05) is 52.3 Å². The number of H-pyrrole nitrogens is 1. The van der Waals surface area contributed by atoms with Crippen LogP contribution in [0.4, 0.5) is 5.69 Å². The number of anilines is 1. The maximum Gasteiger partial charge on any atom is 0.322 e. The summed E-state index contributed by atoms with van der Waals surface area (Å²) in [6.07, 6.45) is 8.01. The van der Waals surface area contributed by atoms with E-state index in [1.165, 1.54) is 26.5 Å². The lowest BCUT2D eigenvalue weighted by atomic mass is 9.47. The smallest absolute Gasteiger partial charge is 0.322 e. The van der Waals surface area contributed by atoms with Crippen molar-refractivity contribution in [1.29, 1.82) is 0 Å². The van der Waals surface area contributed by atoms with Crippen molar-refractivity contribution in [2.24, 2.45) is 11.3 Å². The summed E-state index contributed by atoms with van der Waals surface area (Å²) in [5, 5.41) is 14.3. The van der Waals surface area contributed by atoms with Gasteiger partial charge < -0.3 is 29.2 Å². The van der Waals surface area contributed by atoms with Gasteiger partial charge in [0.1, 0.15) is 11.2 Å². The minimum Gasteiger partial charge on any atom is -0.496 e. The molecule has 5 aliphatic heterocycles. The molecule has 1 spiro atoms. The molecule has 9 rings (SSSR count). The number of ether oxygens (including phenoxy) is 3. The minimum absolute atomic E-state index is 0.0454. The first-order valence-electron chi connectivity index (χ1n) is 20.2. The number of benzene rings is 2. The van der Waals surface area contributed by atoms with Crippen LogP contribution >= 0.6 is 0 Å². The summed E-state index contributed by atoms with van der Waals surface area (Å²) in [5.74, 6) is -0.788. The monoisotopic (exact) mass is 762 g/mol. The molecule has 6 aliphatic rings. The Balaban J connectivity index is 1.37. The molecule has 2 aromatic carbocycles. The number of rotatable bonds is 7. The molecule has 11 heteroatoms. The average molecular weight is 763 g/mol. The maximum absolute atomic E-state index is 15.1. The summed E-state index contributed by atoms with van der Waals surface area (Å²) >= 11 is 0. The lowest BCUT2D eigenvalue weighted by molar-refractivity contribution is -0.215. The quantitative estimate of drug-likeness (QED) is 0.246. The summed E-state index contributed by atoms with van der Waals surface area (Å²) in [5.41, 5.74) is 1.63. The number of carbonyl (C=O) groups is 3. The molecule has 1 saturated heterocycles. The molecular formula is C45H54N4O7. The number of carbonyl (C=O) groups excluding carboxylic acids is 3. The Labute approximate surface area is 328 Å². The molecule has 2 N–H and O–H groups in total. The molecule has 2 unspecified atom stereocenters. The Morgan fingerprint density at radius 3 is 2.52 bits per heavy atom. The van der Waals surface area contributed by atoms with Crippen molar-refractivity contribution in [3.8, 4) is 5.75 Å². The molecule has 2 bridgehead atoms. The van der Waals surface area contributed by atoms with Crippen molar-refractivity contribution in [3.63, 3.8) is 0 Å². The fraction of sp³-hybridized carbons (Fsp3) is 0.533. The molecule has 296 valence electrons. The van der Waals surface area contributed by atoms with E-state index in [0.717, 1.165) is 59.5 Å². The number of aromatic nitrogens is 1. The normalized spacial score (nSPS) is 35.4. The first-order chi connectivity index (χ1) is 26.8. The van der Waals surface area contributed by atoms with Crippen LogP contribution in [0.25, 0.3) is 10.9 Å². The van der Waals surface area contributed by atoms with Gasteiger partial charge in [-0.3, -0.25) is 24.2 Å². The van der Waals surface area contributed by atoms with Crippen molar-refractivity contribution in [2.45, 2.75) is 94.5 Å². The summed E-state index contributed by atoms with van der Waals surface area (Å²) in [4.78, 5) is 53.0. The van der Waals surface area contributed by atoms with Gasteiger partial charge in [-0.25, -0.2) is 0 Å². The lowest BCUT2D eigenvalue weighted by Gasteiger charge is -2.64. The molecular weight excluding hydrogens is 709 g/mol. The SMILES string of the molecule is CCC1=C[C@@H]2CN(C1)Cc1c([nH]c3ccccc13)[C@@](C(=O)OC)(c1cc3c(cc1OC)N(C)[C@@H]1C34CCN3CC=C[C@](CC)([C@H]34)[C@@H](OC(C)=O)[C@@]1(O)C(C)=O)C2. The Kier molecular flexibility index (Phi) is 8.48. The second-order valence-electron chi connectivity index (χ2n) is 17.2. The van der Waals surface area contributed by atoms with Crippen LogP contribution in [0.5, 0.6) is 5.75 Å². The topological polar surface area (TPSA) is 125 Å². The van der Waals surface area contributed by atoms with Gasteiger partial charge in [-0.05, 0) is 68.3 Å². The zero-order valence-corrected chi connectivity index (χ0v) is 33.6. The number of para-hydroxylation sites is 1. The average Bonchev–Trinajstić information content (AvgIpc) is 3.84. The number of nitrogens with zero attached hydrogens (tertiary/aromatic N) is 3. The summed E-state index contributed by atoms with van der Waals surface area (Å²) < 4.78 is 18.4. The van der Waals surface area contributed by atoms with Gasteiger partial charge in [0, 0.05) is 90.9 Å². The number of hydrogen-bond acceptors (Lipinski definition) is 10. The predicted molar refractivity (Wildman–Crippen MR) is 213 cm³/mol. The first kappa shape index (κ1) is 37.1. The van der Waals surface area contributed by atoms with Gasteiger partial charge in [-0.15, -0.1) is 0 Å². The van der Waals surface area contributed by atoms with Crippen molar-refractivity contribution in [1.82, 2.24) is 14.8 Å². The van der Waals surface area contributed by atoms with Crippen LogP contribution < -0.4 is 9.64 Å². The second-order valence-corrected chi connectivity index (χ2v) is 17.2. The number of Topliss-reactive ketones (excluding diaryl/α,β-unsaturated/α-hetero) is 1. The number of fused-ring (bicyclic) bond motifs is 6. The number of ketones is 1. The van der Waals surface area contributed by atoms with E-state index in [2.05, 4.69) is 65.1 Å². The summed E-state index contributed by atoms with van der Waals surface area (Å²) in [6, 6.07) is 11.4. The van der Waals surface area contributed by atoms with Gasteiger partial charge in [0.15, 0.2) is 17.5 Å². The number of aromatic amines is 1. The molecule has 6 heterocycles. The molecule has 0 radical (unpaired) electrons. The zero-order valence-electron chi connectivity index (χ0n) is 33.6. The van der Waals surface area contributed by atoms with Gasteiger partial charge in [-0.1, -0.05) is 55.8 Å². The highest BCUT2D eigenvalue weighted by molar-refractivity contribution is 5.95. The van der Waals surface area contributed by atoms with Gasteiger partial charge in [-0.2, -0.15) is 0 Å². The van der Waals surface area contributed by atoms with Crippen LogP contribution in [0, 0.1) is 11.3 Å². The Bertz CT molecular complexity index is 2230. The zero-order chi connectivity index (χ0) is 39.5. The van der Waals surface area contributed by atoms with E-state index in [0.29, 0.717) is 43.7 Å². The maximum atomic E-state index is 15.1. The lowest BCUT2D eigenvalue weighted by Crippen LogP contribution is -2.81. The first-order valence-corrected chi connectivity index (χ1v) is 20.2. The minimum atomic E-state index is -2.06. The molecule has 11 nitrogen and oxygen atoms in total. The van der Waals surface area contributed by atoms with E-state index in [1.54, 1.807) is 7.11 Å². The van der Waals surface area contributed by atoms with E-state index in [4.69, 9.17) is 14.2 Å². The highest BCUT2D eigenvalue weighted by Crippen LogP contribution is 2.68. The predicted octanol–water partition coefficient (Wildman–Crippen LogP) is 5.17. The summed E-state index contributed by atoms with van der Waals surface area (Å²) in [6.45, 7) is 10.8. The number of methoxy groups -OCH3 is 2. The third-order valence-corrected chi connectivity index (χ3v) is 14.8. The van der Waals surface area contributed by atoms with Gasteiger partial charge in [0.2, 0.25) is 0 Å². The van der Waals surface area contributed by atoms with Crippen molar-refractivity contribution in [3.05, 3.63) is 82.6 Å². The number of esters is 2. The van der Waals surface area contributed by atoms with E-state index in [1.807, 2.05) is 30.1 Å². The number of aliphatic hydroxyl groups is 1. The van der Waals surface area contributed by atoms with Crippen LogP contribution in [0.3, 0.4) is 0 Å². The van der Waals surface area contributed by atoms with Crippen LogP contribution in [0.15, 0.2) is 60.2 Å². The molecule has 2 fully saturated rings. The third-order valence-electron chi connectivity index (χ3n) is 14.8. The Hall–Kier alpha value is -4.45. The number of likely N-dealkylation sites (N-methyl/N-ethyl adjacent to an activating group) is 1. The highest BCUT2D eigenvalue weighted by atomic mass is 16.6. The van der Waals surface area contributed by atoms with Crippen LogP contribution in [-0.2, 0) is 41.2 Å². The van der Waals surface area contributed by atoms with Crippen molar-refractivity contribution < 1.29 is 33.7 Å². The van der Waals surface area contributed by atoms with E-state index >= 15 is 4.79 Å². The van der Waals surface area contributed by atoms with Crippen molar-refractivity contribution >= 4 is 34.3 Å². The second kappa shape index (κ2) is 12.8. The fourth-order valence-electron chi connectivity index (χ4n) is 12.8. The fourth-order valence-corrected chi connectivity index (χ4v) is 12.8. The highest BCUT2D eigenvalue weighted by Gasteiger charge is 2.79. The molecule has 1 aromatic heterocycles. The molecule has 56 heavy (non-hydrogen) atoms. The molecule has 3 aromatic rings. The molecule has 0 amide bonds. The number of hydrogen-bond donors (Lipinski definition) is 2. The molecule has 1 saturated carbocycles. The van der Waals surface area contributed by atoms with Crippen LogP contribution in [0.2, 0.25) is 0 Å². The Morgan fingerprint density at radius 1 is 1.04 bits per heavy atom. The largest absolute Gasteiger partial charge is 0.496 e. The molecule has 1 aliphatic carbocycles. The van der Waals surface area contributed by atoms with Crippen LogP contribution in [0.1, 0.15) is 75.8 Å². The summed E-state index contributed by atoms with van der Waals surface area (Å²) in [7, 11) is 5.03. The van der Waals surface area contributed by atoms with E-state index in [-0.39, 0.29) is 17.9 Å². The third kappa shape index (κ3) is 4.59. The molecule has 9 atom stereocenters. The van der Waals surface area contributed by atoms with Gasteiger partial charge >= 0.3 is 11.9 Å². The van der Waals surface area contributed by atoms with E-state index in [9.17, 15) is 14.7 Å². The standard InChI is InChI=1S/C45H54N4O7/c1-8-28-19-29-22-44(41(52)55-7,37-31(25-48(23-28)24-29)30-13-10-11-14-34(30)46-37)33-20-32-35(21-36(33)54-6)47(5)39-43(32)16-18-49-17-12-15-42(9-2,38(43)49)40(56-27(4)51)45(39,53)26(3)50/h10-15,19-21,29,38-40,46,53H,8-9,16-18,22-25H2,1-7H3/t29-,38-,39+,40+,42+,43?,44-,45+/m0/s1. The Morgan fingerprint density at radius 2 is 1.82 bits per heavy atom. The van der Waals surface area contributed by atoms with Gasteiger partial charge in [0.05, 0.1) is 20.3 Å². The van der Waals surface area contributed by atoms with Gasteiger partial charge in [0.25, 0.3) is 0 Å². The number of nitrogens with one attached hydrogen (secondary N) is 1. The van der Waals surface area contributed by atoms with E-state index < -0.39 is 45.7 Å².